The first-order chi connectivity index (χ1) is 6.69. The van der Waals surface area contributed by atoms with Crippen molar-refractivity contribution in [2.75, 3.05) is 13.2 Å². The number of nitrogens with zero attached hydrogens (tertiary/aromatic N) is 2. The van der Waals surface area contributed by atoms with Crippen LogP contribution < -0.4 is 4.74 Å². The molecule has 1 aromatic rings. The van der Waals surface area contributed by atoms with E-state index in [1.165, 1.54) is 0 Å². The normalized spacial score (nSPS) is 10.3. The van der Waals surface area contributed by atoms with Crippen molar-refractivity contribution in [3.05, 3.63) is 16.5 Å². The van der Waals surface area contributed by atoms with Crippen LogP contribution in [0.5, 0.6) is 5.88 Å². The van der Waals surface area contributed by atoms with Crippen LogP contribution in [0.15, 0.2) is 0 Å². The summed E-state index contributed by atoms with van der Waals surface area (Å²) in [4.78, 5) is 8.23. The van der Waals surface area contributed by atoms with Crippen LogP contribution in [-0.4, -0.2) is 28.3 Å². The maximum atomic E-state index is 8.61. The first-order valence-electron chi connectivity index (χ1n) is 4.45. The number of rotatable bonds is 4. The van der Waals surface area contributed by atoms with Crippen molar-refractivity contribution in [1.29, 1.82) is 0 Å². The van der Waals surface area contributed by atoms with Crippen molar-refractivity contribution in [2.45, 2.75) is 20.3 Å². The molecule has 78 valence electrons. The van der Waals surface area contributed by atoms with Gasteiger partial charge in [-0.15, -0.1) is 0 Å². The van der Waals surface area contributed by atoms with Crippen LogP contribution in [0, 0.1) is 6.92 Å². The summed E-state index contributed by atoms with van der Waals surface area (Å²) in [5.41, 5.74) is 0.706. The van der Waals surface area contributed by atoms with Crippen LogP contribution in [0.3, 0.4) is 0 Å². The van der Waals surface area contributed by atoms with Crippen molar-refractivity contribution >= 4 is 11.6 Å². The lowest BCUT2D eigenvalue weighted by Gasteiger charge is -2.08. The fourth-order valence-electron chi connectivity index (χ4n) is 0.952. The Labute approximate surface area is 87.9 Å². The van der Waals surface area contributed by atoms with E-state index in [1.54, 1.807) is 6.92 Å². The molecular formula is C9H13ClN2O2. The summed E-state index contributed by atoms with van der Waals surface area (Å²) in [7, 11) is 0. The molecule has 0 amide bonds. The van der Waals surface area contributed by atoms with Crippen LogP contribution >= 0.6 is 11.6 Å². The van der Waals surface area contributed by atoms with E-state index in [1.807, 2.05) is 6.92 Å². The van der Waals surface area contributed by atoms with Gasteiger partial charge in [0.25, 0.3) is 0 Å². The van der Waals surface area contributed by atoms with Gasteiger partial charge in [0, 0.05) is 12.0 Å². The molecule has 4 nitrogen and oxygen atoms in total. The predicted molar refractivity (Wildman–Crippen MR) is 53.7 cm³/mol. The molecule has 0 aliphatic heterocycles. The van der Waals surface area contributed by atoms with Crippen molar-refractivity contribution in [1.82, 2.24) is 9.97 Å². The third-order valence-electron chi connectivity index (χ3n) is 1.73. The maximum Gasteiger partial charge on any atom is 0.221 e. The summed E-state index contributed by atoms with van der Waals surface area (Å²) >= 11 is 5.88. The summed E-state index contributed by atoms with van der Waals surface area (Å²) in [6.07, 6.45) is 0.704. The molecule has 1 aromatic heterocycles. The zero-order valence-electron chi connectivity index (χ0n) is 8.25. The van der Waals surface area contributed by atoms with E-state index in [0.717, 1.165) is 0 Å². The second kappa shape index (κ2) is 5.12. The van der Waals surface area contributed by atoms with Crippen LogP contribution in [0.1, 0.15) is 18.3 Å². The number of aliphatic hydroxyl groups excluding tert-OH is 1. The number of hydrogen-bond acceptors (Lipinski definition) is 4. The largest absolute Gasteiger partial charge is 0.475 e. The molecule has 0 saturated carbocycles. The lowest BCUT2D eigenvalue weighted by Crippen LogP contribution is -2.07. The Hall–Kier alpha value is -0.870. The van der Waals surface area contributed by atoms with E-state index in [-0.39, 0.29) is 13.2 Å². The van der Waals surface area contributed by atoms with Gasteiger partial charge >= 0.3 is 0 Å². The molecular weight excluding hydrogens is 204 g/mol. The van der Waals surface area contributed by atoms with Gasteiger partial charge in [-0.25, -0.2) is 4.98 Å². The smallest absolute Gasteiger partial charge is 0.221 e. The Morgan fingerprint density at radius 2 is 2.14 bits per heavy atom. The quantitative estimate of drug-likeness (QED) is 0.773. The molecule has 1 rings (SSSR count). The highest BCUT2D eigenvalue weighted by Crippen LogP contribution is 2.21. The fraction of sp³-hybridized carbons (Fsp3) is 0.556. The van der Waals surface area contributed by atoms with Gasteiger partial charge in [-0.3, -0.25) is 0 Å². The second-order valence-electron chi connectivity index (χ2n) is 2.79. The van der Waals surface area contributed by atoms with Crippen molar-refractivity contribution < 1.29 is 9.84 Å². The SMILES string of the molecule is CCc1nc(Cl)c(C)c(OCCO)n1. The molecule has 0 radical (unpaired) electrons. The third kappa shape index (κ3) is 2.56. The van der Waals surface area contributed by atoms with Gasteiger partial charge in [-0.1, -0.05) is 18.5 Å². The molecule has 1 N–H and O–H groups in total. The standard InChI is InChI=1S/C9H13ClN2O2/c1-3-7-11-8(10)6(2)9(12-7)14-5-4-13/h13H,3-5H2,1-2H3. The highest BCUT2D eigenvalue weighted by Gasteiger charge is 2.09. The summed E-state index contributed by atoms with van der Waals surface area (Å²) < 4.78 is 5.22. The molecule has 0 aliphatic carbocycles. The van der Waals surface area contributed by atoms with Crippen LogP contribution in [-0.2, 0) is 6.42 Å². The number of aryl methyl sites for hydroxylation is 1. The van der Waals surface area contributed by atoms with Gasteiger partial charge in [0.15, 0.2) is 0 Å². The molecule has 0 saturated heterocycles. The minimum absolute atomic E-state index is 0.0392. The van der Waals surface area contributed by atoms with Gasteiger partial charge in [-0.2, -0.15) is 4.98 Å². The Kier molecular flexibility index (Phi) is 4.10. The average Bonchev–Trinajstić information content (AvgIpc) is 2.20. The van der Waals surface area contributed by atoms with E-state index in [4.69, 9.17) is 21.4 Å². The summed E-state index contributed by atoms with van der Waals surface area (Å²) in [6.45, 7) is 3.91. The molecule has 0 spiro atoms. The molecule has 0 bridgehead atoms. The molecule has 0 atom stereocenters. The minimum Gasteiger partial charge on any atom is -0.475 e. The lowest BCUT2D eigenvalue weighted by molar-refractivity contribution is 0.195. The Bertz CT molecular complexity index is 318. The van der Waals surface area contributed by atoms with E-state index < -0.39 is 0 Å². The number of halogens is 1. The second-order valence-corrected chi connectivity index (χ2v) is 3.14. The monoisotopic (exact) mass is 216 g/mol. The highest BCUT2D eigenvalue weighted by atomic mass is 35.5. The highest BCUT2D eigenvalue weighted by molar-refractivity contribution is 6.30. The summed E-state index contributed by atoms with van der Waals surface area (Å²) in [5, 5.41) is 9.02. The Morgan fingerprint density at radius 3 is 2.71 bits per heavy atom. The van der Waals surface area contributed by atoms with E-state index in [0.29, 0.717) is 28.8 Å². The van der Waals surface area contributed by atoms with Crippen molar-refractivity contribution in [2.24, 2.45) is 0 Å². The summed E-state index contributed by atoms with van der Waals surface area (Å²) in [5.74, 6) is 1.10. The van der Waals surface area contributed by atoms with Crippen LogP contribution in [0.4, 0.5) is 0 Å². The topological polar surface area (TPSA) is 55.2 Å². The van der Waals surface area contributed by atoms with E-state index >= 15 is 0 Å². The van der Waals surface area contributed by atoms with Gasteiger partial charge in [0.2, 0.25) is 5.88 Å². The molecule has 0 aromatic carbocycles. The Morgan fingerprint density at radius 1 is 1.43 bits per heavy atom. The fourth-order valence-corrected chi connectivity index (χ4v) is 1.13. The number of hydrogen-bond donors (Lipinski definition) is 1. The minimum atomic E-state index is -0.0392. The number of aliphatic hydroxyl groups is 1. The van der Waals surface area contributed by atoms with Gasteiger partial charge < -0.3 is 9.84 Å². The van der Waals surface area contributed by atoms with Gasteiger partial charge in [0.1, 0.15) is 17.6 Å². The first-order valence-corrected chi connectivity index (χ1v) is 4.83. The molecule has 0 fully saturated rings. The lowest BCUT2D eigenvalue weighted by atomic mass is 10.3. The zero-order valence-corrected chi connectivity index (χ0v) is 9.01. The van der Waals surface area contributed by atoms with E-state index in [9.17, 15) is 0 Å². The molecule has 1 heterocycles. The zero-order chi connectivity index (χ0) is 10.6. The first kappa shape index (κ1) is 11.2. The molecule has 5 heteroatoms. The van der Waals surface area contributed by atoms with Gasteiger partial charge in [-0.05, 0) is 6.92 Å². The molecule has 0 aliphatic rings. The Balaban J connectivity index is 2.95. The predicted octanol–water partition coefficient (Wildman–Crippen LogP) is 1.37. The van der Waals surface area contributed by atoms with Crippen molar-refractivity contribution in [3.8, 4) is 5.88 Å². The van der Waals surface area contributed by atoms with Gasteiger partial charge in [0.05, 0.1) is 6.61 Å². The van der Waals surface area contributed by atoms with E-state index in [2.05, 4.69) is 9.97 Å². The molecule has 0 unspecified atom stereocenters. The number of ether oxygens (including phenoxy) is 1. The average molecular weight is 217 g/mol. The van der Waals surface area contributed by atoms with Crippen molar-refractivity contribution in [3.63, 3.8) is 0 Å². The number of aromatic nitrogens is 2. The van der Waals surface area contributed by atoms with Crippen LogP contribution in [0.25, 0.3) is 0 Å². The van der Waals surface area contributed by atoms with Crippen LogP contribution in [0.2, 0.25) is 5.15 Å². The molecule has 14 heavy (non-hydrogen) atoms. The third-order valence-corrected chi connectivity index (χ3v) is 2.10. The maximum absolute atomic E-state index is 8.61. The summed E-state index contributed by atoms with van der Waals surface area (Å²) in [6, 6.07) is 0.